The number of hydrogen-bond acceptors (Lipinski definition) is 1. The van der Waals surface area contributed by atoms with Crippen LogP contribution in [0.25, 0.3) is 38.6 Å². The Labute approximate surface area is 183 Å². The zero-order valence-electron chi connectivity index (χ0n) is 17.6. The molecule has 5 aromatic rings. The van der Waals surface area contributed by atoms with Gasteiger partial charge < -0.3 is 9.30 Å². The smallest absolute Gasteiger partial charge is 0.416 e. The van der Waals surface area contributed by atoms with Crippen molar-refractivity contribution in [2.45, 2.75) is 13.1 Å². The van der Waals surface area contributed by atoms with Crippen LogP contribution < -0.4 is 4.74 Å². The minimum absolute atomic E-state index is 0.524. The predicted molar refractivity (Wildman–Crippen MR) is 123 cm³/mol. The van der Waals surface area contributed by atoms with E-state index in [-0.39, 0.29) is 0 Å². The van der Waals surface area contributed by atoms with Crippen molar-refractivity contribution < 1.29 is 17.9 Å². The van der Waals surface area contributed by atoms with Crippen LogP contribution in [0.3, 0.4) is 0 Å². The van der Waals surface area contributed by atoms with Gasteiger partial charge in [-0.2, -0.15) is 13.2 Å². The molecule has 0 N–H and O–H groups in total. The number of aryl methyl sites for hydroxylation is 1. The third-order valence-corrected chi connectivity index (χ3v) is 5.78. The molecule has 160 valence electrons. The molecule has 2 nitrogen and oxygen atoms in total. The summed E-state index contributed by atoms with van der Waals surface area (Å²) in [6.45, 7) is 2.02. The molecule has 1 heterocycles. The molecule has 0 unspecified atom stereocenters. The van der Waals surface area contributed by atoms with Crippen LogP contribution in [-0.4, -0.2) is 11.7 Å². The summed E-state index contributed by atoms with van der Waals surface area (Å²) in [4.78, 5) is 0. The molecule has 5 rings (SSSR count). The number of alkyl halides is 3. The molecule has 0 amide bonds. The molecule has 1 aromatic heterocycles. The fourth-order valence-electron chi connectivity index (χ4n) is 4.26. The van der Waals surface area contributed by atoms with Crippen molar-refractivity contribution >= 4 is 21.8 Å². The van der Waals surface area contributed by atoms with E-state index in [4.69, 9.17) is 4.74 Å². The fourth-order valence-corrected chi connectivity index (χ4v) is 4.26. The second kappa shape index (κ2) is 7.45. The zero-order valence-corrected chi connectivity index (χ0v) is 17.6. The largest absolute Gasteiger partial charge is 0.497 e. The summed E-state index contributed by atoms with van der Waals surface area (Å²) >= 11 is 0. The van der Waals surface area contributed by atoms with E-state index in [2.05, 4.69) is 6.07 Å². The maximum atomic E-state index is 13.6. The van der Waals surface area contributed by atoms with Crippen molar-refractivity contribution in [3.05, 3.63) is 96.1 Å². The molecule has 5 heteroatoms. The average molecular weight is 431 g/mol. The minimum atomic E-state index is -4.42. The summed E-state index contributed by atoms with van der Waals surface area (Å²) in [6.07, 6.45) is -4.42. The molecule has 32 heavy (non-hydrogen) atoms. The summed E-state index contributed by atoms with van der Waals surface area (Å²) < 4.78 is 48.2. The lowest BCUT2D eigenvalue weighted by atomic mass is 10.00. The lowest BCUT2D eigenvalue weighted by Crippen LogP contribution is -2.06. The molecule has 0 aliphatic heterocycles. The SMILES string of the molecule is COc1ccc2c(c1)c1cc(C)ccc1n2-c1ccc(C(F)(F)F)cc1-c1ccccc1. The Bertz CT molecular complexity index is 1450. The van der Waals surface area contributed by atoms with Gasteiger partial charge in [0, 0.05) is 16.3 Å². The maximum absolute atomic E-state index is 13.6. The van der Waals surface area contributed by atoms with Crippen molar-refractivity contribution in [3.8, 4) is 22.6 Å². The van der Waals surface area contributed by atoms with Crippen LogP contribution in [0.2, 0.25) is 0 Å². The third kappa shape index (κ3) is 3.30. The summed E-state index contributed by atoms with van der Waals surface area (Å²) in [7, 11) is 1.62. The van der Waals surface area contributed by atoms with Gasteiger partial charge in [0.05, 0.1) is 29.4 Å². The molecule has 0 saturated heterocycles. The Morgan fingerprint density at radius 1 is 0.750 bits per heavy atom. The Kier molecular flexibility index (Phi) is 4.70. The average Bonchev–Trinajstić information content (AvgIpc) is 3.11. The number of aromatic nitrogens is 1. The van der Waals surface area contributed by atoms with Gasteiger partial charge >= 0.3 is 6.18 Å². The van der Waals surface area contributed by atoms with E-state index < -0.39 is 11.7 Å². The lowest BCUT2D eigenvalue weighted by Gasteiger charge is -2.17. The van der Waals surface area contributed by atoms with Gasteiger partial charge in [-0.15, -0.1) is 0 Å². The number of rotatable bonds is 3. The number of nitrogens with zero attached hydrogens (tertiary/aromatic N) is 1. The summed E-state index contributed by atoms with van der Waals surface area (Å²) in [6, 6.07) is 25.1. The highest BCUT2D eigenvalue weighted by molar-refractivity contribution is 6.10. The van der Waals surface area contributed by atoms with Crippen molar-refractivity contribution in [2.75, 3.05) is 7.11 Å². The van der Waals surface area contributed by atoms with Gasteiger partial charge in [0.25, 0.3) is 0 Å². The Morgan fingerprint density at radius 2 is 1.44 bits per heavy atom. The van der Waals surface area contributed by atoms with Gasteiger partial charge in [-0.25, -0.2) is 0 Å². The number of hydrogen-bond donors (Lipinski definition) is 0. The highest BCUT2D eigenvalue weighted by Crippen LogP contribution is 2.40. The Morgan fingerprint density at radius 3 is 2.12 bits per heavy atom. The quantitative estimate of drug-likeness (QED) is 0.284. The minimum Gasteiger partial charge on any atom is -0.497 e. The first kappa shape index (κ1) is 20.2. The van der Waals surface area contributed by atoms with Crippen molar-refractivity contribution in [3.63, 3.8) is 0 Å². The van der Waals surface area contributed by atoms with Crippen molar-refractivity contribution in [2.24, 2.45) is 0 Å². The zero-order chi connectivity index (χ0) is 22.5. The number of fused-ring (bicyclic) bond motifs is 3. The molecule has 0 aliphatic rings. The second-order valence-electron chi connectivity index (χ2n) is 7.83. The number of ether oxygens (including phenoxy) is 1. The van der Waals surface area contributed by atoms with Crippen LogP contribution >= 0.6 is 0 Å². The van der Waals surface area contributed by atoms with E-state index in [0.29, 0.717) is 11.3 Å². The highest BCUT2D eigenvalue weighted by Gasteiger charge is 2.31. The monoisotopic (exact) mass is 431 g/mol. The lowest BCUT2D eigenvalue weighted by molar-refractivity contribution is -0.137. The number of halogens is 3. The Hall–Kier alpha value is -3.73. The molecule has 0 bridgehead atoms. The van der Waals surface area contributed by atoms with E-state index >= 15 is 0 Å². The number of methoxy groups -OCH3 is 1. The van der Waals surface area contributed by atoms with Gasteiger partial charge in [-0.1, -0.05) is 42.0 Å². The van der Waals surface area contributed by atoms with E-state index in [1.165, 1.54) is 6.07 Å². The van der Waals surface area contributed by atoms with Crippen LogP contribution in [0, 0.1) is 6.92 Å². The van der Waals surface area contributed by atoms with E-state index in [9.17, 15) is 13.2 Å². The molecule has 0 radical (unpaired) electrons. The van der Waals surface area contributed by atoms with Gasteiger partial charge in [-0.05, 0) is 61.0 Å². The van der Waals surface area contributed by atoms with Gasteiger partial charge in [0.15, 0.2) is 0 Å². The molecule has 0 aliphatic carbocycles. The van der Waals surface area contributed by atoms with Crippen molar-refractivity contribution in [1.82, 2.24) is 4.57 Å². The molecular weight excluding hydrogens is 411 g/mol. The molecule has 0 atom stereocenters. The molecule has 4 aromatic carbocycles. The summed E-state index contributed by atoms with van der Waals surface area (Å²) in [5.41, 5.74) is 4.21. The molecular formula is C27H20F3NO. The molecule has 0 spiro atoms. The standard InChI is InChI=1S/C27H20F3NO/c1-17-8-11-25-22(14-17)23-16-20(32-2)10-13-26(23)31(25)24-12-9-19(27(28,29)30)15-21(24)18-6-4-3-5-7-18/h3-16H,1-2H3. The fraction of sp³-hybridized carbons (Fsp3) is 0.111. The van der Waals surface area contributed by atoms with Gasteiger partial charge in [0.1, 0.15) is 5.75 Å². The molecule has 0 fully saturated rings. The highest BCUT2D eigenvalue weighted by atomic mass is 19.4. The van der Waals surface area contributed by atoms with Gasteiger partial charge in [0.2, 0.25) is 0 Å². The summed E-state index contributed by atoms with van der Waals surface area (Å²) in [5.74, 6) is 0.730. The van der Waals surface area contributed by atoms with E-state index in [0.717, 1.165) is 44.7 Å². The normalized spacial score (nSPS) is 11.9. The van der Waals surface area contributed by atoms with Gasteiger partial charge in [-0.3, -0.25) is 0 Å². The van der Waals surface area contributed by atoms with Crippen LogP contribution in [0.1, 0.15) is 11.1 Å². The number of benzene rings is 4. The topological polar surface area (TPSA) is 14.2 Å². The second-order valence-corrected chi connectivity index (χ2v) is 7.83. The first-order valence-electron chi connectivity index (χ1n) is 10.2. The maximum Gasteiger partial charge on any atom is 0.416 e. The van der Waals surface area contributed by atoms with E-state index in [1.807, 2.05) is 72.2 Å². The first-order chi connectivity index (χ1) is 15.4. The van der Waals surface area contributed by atoms with Crippen LogP contribution in [-0.2, 0) is 6.18 Å². The predicted octanol–water partition coefficient (Wildman–Crippen LogP) is 7.79. The Balaban J connectivity index is 1.90. The first-order valence-corrected chi connectivity index (χ1v) is 10.2. The third-order valence-electron chi connectivity index (χ3n) is 5.78. The van der Waals surface area contributed by atoms with Crippen LogP contribution in [0.15, 0.2) is 84.9 Å². The summed E-state index contributed by atoms with van der Waals surface area (Å²) in [5, 5.41) is 2.01. The van der Waals surface area contributed by atoms with E-state index in [1.54, 1.807) is 13.2 Å². The van der Waals surface area contributed by atoms with Crippen LogP contribution in [0.4, 0.5) is 13.2 Å². The van der Waals surface area contributed by atoms with Crippen molar-refractivity contribution in [1.29, 1.82) is 0 Å². The molecule has 0 saturated carbocycles. The van der Waals surface area contributed by atoms with Crippen LogP contribution in [0.5, 0.6) is 5.75 Å².